The lowest BCUT2D eigenvalue weighted by Gasteiger charge is -2.29. The van der Waals surface area contributed by atoms with Gasteiger partial charge < -0.3 is 19.1 Å². The van der Waals surface area contributed by atoms with E-state index in [4.69, 9.17) is 5.11 Å². The number of rotatable bonds is 6. The van der Waals surface area contributed by atoms with E-state index in [1.165, 1.54) is 12.1 Å². The first-order chi connectivity index (χ1) is 12.6. The quantitative estimate of drug-likeness (QED) is 0.755. The van der Waals surface area contributed by atoms with Crippen molar-refractivity contribution in [2.45, 2.75) is 19.4 Å². The number of hydrogen-bond acceptors (Lipinski definition) is 5. The summed E-state index contributed by atoms with van der Waals surface area (Å²) < 4.78 is 26.3. The Labute approximate surface area is 154 Å². The molecule has 6 nitrogen and oxygen atoms in total. The lowest BCUT2D eigenvalue weighted by molar-refractivity contribution is 0.288. The first kappa shape index (κ1) is 18.9. The third kappa shape index (κ3) is 4.63. The van der Waals surface area contributed by atoms with E-state index in [0.717, 1.165) is 11.3 Å². The number of aromatic nitrogens is 2. The van der Waals surface area contributed by atoms with Crippen LogP contribution in [-0.2, 0) is 24.1 Å². The number of hydrogen-bond donors (Lipinski definition) is 1. The molecule has 0 atom stereocenters. The molecule has 8 heteroatoms. The zero-order chi connectivity index (χ0) is 18.5. The van der Waals surface area contributed by atoms with Gasteiger partial charge >= 0.3 is 0 Å². The number of benzene rings is 1. The van der Waals surface area contributed by atoms with Crippen LogP contribution in [0.3, 0.4) is 0 Å². The molecular formula is C18H22FN3O3S. The zero-order valence-electron chi connectivity index (χ0n) is 14.4. The Morgan fingerprint density at radius 1 is 1.23 bits per heavy atom. The molecule has 1 aromatic heterocycles. The molecule has 1 aliphatic rings. The molecule has 0 unspecified atom stereocenters. The third-order valence-corrected chi connectivity index (χ3v) is 5.62. The molecule has 0 spiro atoms. The van der Waals surface area contributed by atoms with Crippen molar-refractivity contribution in [2.24, 2.45) is 0 Å². The van der Waals surface area contributed by atoms with Crippen molar-refractivity contribution in [3.63, 3.8) is 0 Å². The Kier molecular flexibility index (Phi) is 6.29. The number of nitrogens with zero attached hydrogens (tertiary/aromatic N) is 3. The lowest BCUT2D eigenvalue weighted by Crippen LogP contribution is -2.44. The summed E-state index contributed by atoms with van der Waals surface area (Å²) in [6.45, 7) is 1.45. The summed E-state index contributed by atoms with van der Waals surface area (Å²) in [5.41, 5.74) is 1.33. The largest absolute Gasteiger partial charge is 0.616 e. The number of anilines is 1. The van der Waals surface area contributed by atoms with Crippen LogP contribution in [-0.4, -0.2) is 50.4 Å². The van der Waals surface area contributed by atoms with Gasteiger partial charge in [0.05, 0.1) is 25.3 Å². The minimum atomic E-state index is -0.837. The summed E-state index contributed by atoms with van der Waals surface area (Å²) in [4.78, 5) is 19.3. The van der Waals surface area contributed by atoms with Gasteiger partial charge in [-0.25, -0.2) is 9.37 Å². The first-order valence-electron chi connectivity index (χ1n) is 8.62. The number of halogens is 1. The molecule has 0 radical (unpaired) electrons. The van der Waals surface area contributed by atoms with Crippen molar-refractivity contribution >= 4 is 17.0 Å². The van der Waals surface area contributed by atoms with Gasteiger partial charge in [0, 0.05) is 12.8 Å². The monoisotopic (exact) mass is 379 g/mol. The summed E-state index contributed by atoms with van der Waals surface area (Å²) in [5, 5.41) is 9.08. The van der Waals surface area contributed by atoms with Crippen LogP contribution in [0.5, 0.6) is 0 Å². The van der Waals surface area contributed by atoms with Gasteiger partial charge in [-0.2, -0.15) is 0 Å². The molecule has 1 N–H and O–H groups in total. The highest BCUT2D eigenvalue weighted by atomic mass is 32.2. The molecule has 1 aromatic carbocycles. The highest BCUT2D eigenvalue weighted by Gasteiger charge is 2.23. The lowest BCUT2D eigenvalue weighted by atomic mass is 10.2. The second kappa shape index (κ2) is 8.66. The minimum absolute atomic E-state index is 0.0524. The molecule has 0 bridgehead atoms. The average molecular weight is 379 g/mol. The topological polar surface area (TPSA) is 81.4 Å². The van der Waals surface area contributed by atoms with Crippen molar-refractivity contribution in [1.29, 1.82) is 0 Å². The highest BCUT2D eigenvalue weighted by Crippen LogP contribution is 2.13. The van der Waals surface area contributed by atoms with Crippen LogP contribution >= 0.6 is 0 Å². The molecule has 26 heavy (non-hydrogen) atoms. The highest BCUT2D eigenvalue weighted by molar-refractivity contribution is 7.91. The second-order valence-corrected chi connectivity index (χ2v) is 7.97. The molecule has 1 aliphatic heterocycles. The Morgan fingerprint density at radius 2 is 1.92 bits per heavy atom. The maximum absolute atomic E-state index is 13.1. The normalized spacial score (nSPS) is 15.4. The van der Waals surface area contributed by atoms with Crippen LogP contribution < -0.4 is 10.5 Å². The van der Waals surface area contributed by atoms with Gasteiger partial charge in [-0.05, 0) is 30.5 Å². The molecule has 0 saturated carbocycles. The second-order valence-electron chi connectivity index (χ2n) is 6.28. The van der Waals surface area contributed by atoms with Crippen LogP contribution in [0.1, 0.15) is 17.7 Å². The van der Waals surface area contributed by atoms with Gasteiger partial charge in [0.15, 0.2) is 5.82 Å². The van der Waals surface area contributed by atoms with Gasteiger partial charge in [0.25, 0.3) is 5.56 Å². The fraction of sp³-hybridized carbons (Fsp3) is 0.444. The summed E-state index contributed by atoms with van der Waals surface area (Å²) in [7, 11) is 0. The van der Waals surface area contributed by atoms with Crippen molar-refractivity contribution in [3.05, 3.63) is 57.9 Å². The molecular weight excluding hydrogens is 357 g/mol. The molecule has 2 heterocycles. The molecule has 3 rings (SSSR count). The van der Waals surface area contributed by atoms with Gasteiger partial charge in [-0.3, -0.25) is 4.79 Å². The Bertz CT molecular complexity index is 789. The van der Waals surface area contributed by atoms with E-state index in [1.54, 1.807) is 22.9 Å². The molecule has 1 fully saturated rings. The van der Waals surface area contributed by atoms with E-state index in [9.17, 15) is 13.7 Å². The number of aryl methyl sites for hydroxylation is 1. The van der Waals surface area contributed by atoms with Crippen molar-refractivity contribution in [1.82, 2.24) is 9.55 Å². The summed E-state index contributed by atoms with van der Waals surface area (Å²) in [6, 6.07) is 6.04. The van der Waals surface area contributed by atoms with Gasteiger partial charge in [0.2, 0.25) is 0 Å². The predicted molar refractivity (Wildman–Crippen MR) is 99.5 cm³/mol. The van der Waals surface area contributed by atoms with Crippen LogP contribution in [0.15, 0.2) is 35.3 Å². The van der Waals surface area contributed by atoms with Crippen LogP contribution in [0.25, 0.3) is 0 Å². The average Bonchev–Trinajstić information content (AvgIpc) is 2.65. The third-order valence-electron chi connectivity index (χ3n) is 4.34. The van der Waals surface area contributed by atoms with Gasteiger partial charge in [-0.1, -0.05) is 23.3 Å². The maximum Gasteiger partial charge on any atom is 0.293 e. The number of aliphatic hydroxyl groups is 1. The van der Waals surface area contributed by atoms with Crippen molar-refractivity contribution in [3.8, 4) is 0 Å². The summed E-state index contributed by atoms with van der Waals surface area (Å²) in [5.74, 6) is 1.10. The van der Waals surface area contributed by atoms with Crippen molar-refractivity contribution < 1.29 is 14.0 Å². The minimum Gasteiger partial charge on any atom is -0.616 e. The Morgan fingerprint density at radius 3 is 2.58 bits per heavy atom. The molecule has 0 amide bonds. The molecule has 2 aromatic rings. The summed E-state index contributed by atoms with van der Waals surface area (Å²) >= 11 is -0.837. The van der Waals surface area contributed by atoms with E-state index < -0.39 is 11.2 Å². The van der Waals surface area contributed by atoms with Gasteiger partial charge in [0.1, 0.15) is 17.3 Å². The van der Waals surface area contributed by atoms with E-state index in [0.29, 0.717) is 49.8 Å². The Balaban J connectivity index is 1.92. The maximum atomic E-state index is 13.1. The fourth-order valence-corrected chi connectivity index (χ4v) is 3.97. The molecule has 1 saturated heterocycles. The van der Waals surface area contributed by atoms with E-state index in [-0.39, 0.29) is 18.0 Å². The Hall–Kier alpha value is -1.90. The number of aliphatic hydroxyl groups excluding tert-OH is 1. The van der Waals surface area contributed by atoms with E-state index in [1.807, 2.05) is 4.90 Å². The summed E-state index contributed by atoms with van der Waals surface area (Å²) in [6.07, 6.45) is 2.82. The van der Waals surface area contributed by atoms with Gasteiger partial charge in [-0.15, -0.1) is 0 Å². The predicted octanol–water partition coefficient (Wildman–Crippen LogP) is 0.924. The van der Waals surface area contributed by atoms with Crippen LogP contribution in [0.4, 0.5) is 10.2 Å². The smallest absolute Gasteiger partial charge is 0.293 e. The standard InChI is InChI=1S/C18H22FN3O3S/c19-15-5-3-14(4-6-15)12-22-13-16(2-1-9-23)20-17(18(22)24)21-7-10-26(25)11-8-21/h3-6,13,23H,1-2,7-12H2. The van der Waals surface area contributed by atoms with Crippen molar-refractivity contribution in [2.75, 3.05) is 36.1 Å². The zero-order valence-corrected chi connectivity index (χ0v) is 15.3. The van der Waals surface area contributed by atoms with E-state index >= 15 is 0 Å². The fourth-order valence-electron chi connectivity index (χ4n) is 2.92. The molecule has 140 valence electrons. The van der Waals surface area contributed by atoms with Crippen LogP contribution in [0, 0.1) is 5.82 Å². The molecule has 0 aliphatic carbocycles. The van der Waals surface area contributed by atoms with E-state index in [2.05, 4.69) is 4.98 Å². The SMILES string of the molecule is O=c1c(N2CC[S+]([O-])CC2)nc(CCCO)cn1Cc1ccc(F)cc1. The van der Waals surface area contributed by atoms with Crippen LogP contribution in [0.2, 0.25) is 0 Å². The first-order valence-corrected chi connectivity index (χ1v) is 10.1.